The maximum Gasteiger partial charge on any atom is 0.234 e. The third-order valence-corrected chi connectivity index (χ3v) is 3.03. The summed E-state index contributed by atoms with van der Waals surface area (Å²) in [6.45, 7) is 5.73. The van der Waals surface area contributed by atoms with Crippen molar-refractivity contribution in [2.45, 2.75) is 39.0 Å². The Morgan fingerprint density at radius 1 is 1.67 bits per heavy atom. The molecule has 0 aromatic rings. The van der Waals surface area contributed by atoms with E-state index in [1.54, 1.807) is 18.1 Å². The van der Waals surface area contributed by atoms with Crippen LogP contribution in [0.5, 0.6) is 0 Å². The summed E-state index contributed by atoms with van der Waals surface area (Å²) in [6.07, 6.45) is 9.22. The second-order valence-electron chi connectivity index (χ2n) is 4.73. The van der Waals surface area contributed by atoms with Crippen LogP contribution in [0.25, 0.3) is 0 Å². The molecule has 0 saturated carbocycles. The summed E-state index contributed by atoms with van der Waals surface area (Å²) in [4.78, 5) is 15.3. The molecule has 0 aliphatic carbocycles. The van der Waals surface area contributed by atoms with Crippen LogP contribution in [0, 0.1) is 18.3 Å². The van der Waals surface area contributed by atoms with Crippen LogP contribution in [0.2, 0.25) is 0 Å². The minimum atomic E-state index is -0.633. The van der Waals surface area contributed by atoms with Crippen LogP contribution in [0.15, 0.2) is 17.3 Å². The number of ether oxygens (including phenoxy) is 1. The molecule has 21 heavy (non-hydrogen) atoms. The lowest BCUT2D eigenvalue weighted by molar-refractivity contribution is -0.106. The number of rotatable bonds is 5. The molecule has 1 amide bonds. The minimum Gasteiger partial charge on any atom is -0.393 e. The molecule has 0 aromatic heterocycles. The van der Waals surface area contributed by atoms with E-state index in [4.69, 9.17) is 16.9 Å². The van der Waals surface area contributed by atoms with E-state index in [0.29, 0.717) is 12.8 Å². The van der Waals surface area contributed by atoms with Crippen molar-refractivity contribution in [3.05, 3.63) is 12.3 Å². The molecule has 1 aliphatic heterocycles. The molecule has 118 valence electrons. The number of aliphatic imine (C=N–C) groups is 1. The van der Waals surface area contributed by atoms with Crippen LogP contribution in [-0.2, 0) is 9.53 Å². The Kier molecular flexibility index (Phi) is 8.36. The maximum absolute atomic E-state index is 10.1. The van der Waals surface area contributed by atoms with Gasteiger partial charge in [-0.2, -0.15) is 4.99 Å². The molecule has 0 bridgehead atoms. The Labute approximate surface area is 126 Å². The van der Waals surface area contributed by atoms with Gasteiger partial charge in [-0.25, -0.2) is 0 Å². The molecule has 0 radical (unpaired) electrons. The van der Waals surface area contributed by atoms with Gasteiger partial charge in [-0.1, -0.05) is 19.8 Å². The molecule has 0 aromatic carbocycles. The fraction of sp³-hybridized carbons (Fsp3) is 0.600. The zero-order valence-corrected chi connectivity index (χ0v) is 13.1. The normalized spacial score (nSPS) is 28.7. The number of nitrogens with zero attached hydrogens (tertiary/aromatic N) is 2. The highest BCUT2D eigenvalue weighted by atomic mass is 16.5. The fourth-order valence-corrected chi connectivity index (χ4v) is 1.98. The molecule has 1 saturated heterocycles. The third kappa shape index (κ3) is 5.58. The van der Waals surface area contributed by atoms with Crippen LogP contribution in [0.3, 0.4) is 0 Å². The van der Waals surface area contributed by atoms with Crippen LogP contribution in [-0.4, -0.2) is 47.7 Å². The van der Waals surface area contributed by atoms with E-state index in [-0.39, 0.29) is 24.6 Å². The molecular formula is C15H25N3O3. The summed E-state index contributed by atoms with van der Waals surface area (Å²) < 4.78 is 5.79. The van der Waals surface area contributed by atoms with Crippen molar-refractivity contribution in [3.8, 4) is 12.3 Å². The van der Waals surface area contributed by atoms with Gasteiger partial charge < -0.3 is 20.5 Å². The highest BCUT2D eigenvalue weighted by molar-refractivity contribution is 5.95. The van der Waals surface area contributed by atoms with Crippen LogP contribution < -0.4 is 5.73 Å². The Bertz CT molecular complexity index is 428. The molecule has 3 atom stereocenters. The summed E-state index contributed by atoms with van der Waals surface area (Å²) >= 11 is 0. The molecule has 1 heterocycles. The number of nitrogens with two attached hydrogens (primary N) is 1. The summed E-state index contributed by atoms with van der Waals surface area (Å²) in [6, 6.07) is 0. The SMILES string of the molecule is C#CC1C[C@@](C)(CO)OC1N(C)/C=C\C(N)=NC=O.CC. The van der Waals surface area contributed by atoms with E-state index < -0.39 is 5.60 Å². The topological polar surface area (TPSA) is 88.2 Å². The Morgan fingerprint density at radius 2 is 2.29 bits per heavy atom. The van der Waals surface area contributed by atoms with Crippen molar-refractivity contribution in [3.63, 3.8) is 0 Å². The van der Waals surface area contributed by atoms with Gasteiger partial charge in [0.1, 0.15) is 12.1 Å². The lowest BCUT2D eigenvalue weighted by Gasteiger charge is -2.27. The zero-order chi connectivity index (χ0) is 16.5. The smallest absolute Gasteiger partial charge is 0.234 e. The number of hydrogen-bond donors (Lipinski definition) is 2. The first kappa shape index (κ1) is 19.2. The first-order valence-electron chi connectivity index (χ1n) is 6.87. The van der Waals surface area contributed by atoms with Crippen molar-refractivity contribution in [2.24, 2.45) is 16.6 Å². The second kappa shape index (κ2) is 9.16. The number of aliphatic hydroxyl groups is 1. The zero-order valence-electron chi connectivity index (χ0n) is 13.1. The van der Waals surface area contributed by atoms with Gasteiger partial charge in [0.2, 0.25) is 6.41 Å². The number of amidine groups is 1. The number of aliphatic hydroxyl groups excluding tert-OH is 1. The molecular weight excluding hydrogens is 270 g/mol. The number of carbonyl (C=O) groups is 1. The molecule has 6 heteroatoms. The molecule has 2 unspecified atom stereocenters. The van der Waals surface area contributed by atoms with Crippen LogP contribution in [0.1, 0.15) is 27.2 Å². The monoisotopic (exact) mass is 295 g/mol. The van der Waals surface area contributed by atoms with Gasteiger partial charge in [0.25, 0.3) is 0 Å². The summed E-state index contributed by atoms with van der Waals surface area (Å²) in [5, 5.41) is 9.32. The molecule has 1 aliphatic rings. The molecule has 3 N–H and O–H groups in total. The quantitative estimate of drug-likeness (QED) is 0.338. The van der Waals surface area contributed by atoms with Gasteiger partial charge in [-0.15, -0.1) is 6.42 Å². The second-order valence-corrected chi connectivity index (χ2v) is 4.73. The number of terminal acetylenes is 1. The molecule has 1 rings (SSSR count). The van der Waals surface area contributed by atoms with E-state index in [0.717, 1.165) is 0 Å². The standard InChI is InChI=1S/C13H19N3O3.C2H6/c1-4-10-7-13(2,8-17)19-12(10)16(3)6-5-11(14)15-9-18;1-2/h1,5-6,9-10,12,17H,7-8H2,2-3H3,(H2,14,15,18);1-2H3/b6-5-;/t10?,12?,13-;/m0./s1. The first-order valence-corrected chi connectivity index (χ1v) is 6.87. The predicted octanol–water partition coefficient (Wildman–Crippen LogP) is 0.719. The average molecular weight is 295 g/mol. The van der Waals surface area contributed by atoms with Crippen LogP contribution >= 0.6 is 0 Å². The van der Waals surface area contributed by atoms with Crippen molar-refractivity contribution in [1.29, 1.82) is 0 Å². The van der Waals surface area contributed by atoms with Gasteiger partial charge in [0.15, 0.2) is 0 Å². The van der Waals surface area contributed by atoms with Crippen molar-refractivity contribution in [1.82, 2.24) is 4.90 Å². The van der Waals surface area contributed by atoms with E-state index in [9.17, 15) is 9.90 Å². The van der Waals surface area contributed by atoms with E-state index in [2.05, 4.69) is 10.9 Å². The van der Waals surface area contributed by atoms with Gasteiger partial charge in [-0.3, -0.25) is 4.79 Å². The number of amides is 1. The summed E-state index contributed by atoms with van der Waals surface area (Å²) in [7, 11) is 1.78. The highest BCUT2D eigenvalue weighted by Gasteiger charge is 2.43. The predicted molar refractivity (Wildman–Crippen MR) is 83.2 cm³/mol. The van der Waals surface area contributed by atoms with Gasteiger partial charge in [0, 0.05) is 13.2 Å². The van der Waals surface area contributed by atoms with Crippen molar-refractivity contribution >= 4 is 12.2 Å². The lowest BCUT2D eigenvalue weighted by atomic mass is 9.96. The third-order valence-electron chi connectivity index (χ3n) is 3.03. The van der Waals surface area contributed by atoms with E-state index in [1.165, 1.54) is 6.08 Å². The summed E-state index contributed by atoms with van der Waals surface area (Å²) in [5.74, 6) is 2.64. The lowest BCUT2D eigenvalue weighted by Crippen LogP contribution is -2.35. The highest BCUT2D eigenvalue weighted by Crippen LogP contribution is 2.35. The Balaban J connectivity index is 0.00000191. The molecule has 1 fully saturated rings. The van der Waals surface area contributed by atoms with Gasteiger partial charge >= 0.3 is 0 Å². The minimum absolute atomic E-state index is 0.0893. The van der Waals surface area contributed by atoms with E-state index in [1.807, 2.05) is 20.8 Å². The summed E-state index contributed by atoms with van der Waals surface area (Å²) in [5.41, 5.74) is 4.83. The Hall–Kier alpha value is -1.84. The van der Waals surface area contributed by atoms with Gasteiger partial charge in [0.05, 0.1) is 18.1 Å². The number of carbonyl (C=O) groups excluding carboxylic acids is 1. The molecule has 6 nitrogen and oxygen atoms in total. The number of hydrogen-bond acceptors (Lipinski definition) is 4. The van der Waals surface area contributed by atoms with Gasteiger partial charge in [-0.05, 0) is 19.4 Å². The average Bonchev–Trinajstić information content (AvgIpc) is 2.85. The van der Waals surface area contributed by atoms with E-state index >= 15 is 0 Å². The Morgan fingerprint density at radius 3 is 2.76 bits per heavy atom. The molecule has 0 spiro atoms. The first-order chi connectivity index (χ1) is 9.95. The van der Waals surface area contributed by atoms with Crippen molar-refractivity contribution in [2.75, 3.05) is 13.7 Å². The fourth-order valence-electron chi connectivity index (χ4n) is 1.98. The largest absolute Gasteiger partial charge is 0.393 e. The van der Waals surface area contributed by atoms with Crippen molar-refractivity contribution < 1.29 is 14.6 Å². The maximum atomic E-state index is 10.1. The van der Waals surface area contributed by atoms with Crippen LogP contribution in [0.4, 0.5) is 0 Å².